The van der Waals surface area contributed by atoms with Gasteiger partial charge in [0.25, 0.3) is 5.91 Å². The Kier molecular flexibility index (Phi) is 6.06. The zero-order valence-electron chi connectivity index (χ0n) is 20.0. The Morgan fingerprint density at radius 3 is 2.80 bits per heavy atom. The molecule has 0 spiro atoms. The molecular formula is C25H31ClN6O3. The van der Waals surface area contributed by atoms with Crippen molar-refractivity contribution in [3.8, 4) is 5.75 Å². The topological polar surface area (TPSA) is 84.2 Å². The maximum absolute atomic E-state index is 13.6. The molecule has 186 valence electrons. The average molecular weight is 499 g/mol. The highest BCUT2D eigenvalue weighted by Gasteiger charge is 2.41. The van der Waals surface area contributed by atoms with E-state index in [1.807, 2.05) is 29.7 Å². The third kappa shape index (κ3) is 4.36. The minimum Gasteiger partial charge on any atom is -0.492 e. The van der Waals surface area contributed by atoms with Crippen LogP contribution in [-0.2, 0) is 11.3 Å². The molecule has 3 aliphatic heterocycles. The summed E-state index contributed by atoms with van der Waals surface area (Å²) in [5.74, 6) is 3.38. The van der Waals surface area contributed by atoms with E-state index in [2.05, 4.69) is 15.2 Å². The number of hydrogen-bond acceptors (Lipinski definition) is 7. The summed E-state index contributed by atoms with van der Waals surface area (Å²) in [5.41, 5.74) is 1.58. The van der Waals surface area contributed by atoms with Gasteiger partial charge in [-0.1, -0.05) is 17.7 Å². The first-order valence-electron chi connectivity index (χ1n) is 12.6. The van der Waals surface area contributed by atoms with E-state index in [-0.39, 0.29) is 11.9 Å². The molecular weight excluding hydrogens is 468 g/mol. The fraction of sp³-hybridized carbons (Fsp3) is 0.560. The molecule has 0 bridgehead atoms. The first kappa shape index (κ1) is 22.7. The minimum absolute atomic E-state index is 0.0672. The van der Waals surface area contributed by atoms with Crippen LogP contribution in [0.4, 0.5) is 11.8 Å². The number of aliphatic imine (C=N–C) groups is 1. The lowest BCUT2D eigenvalue weighted by atomic mass is 10.1. The van der Waals surface area contributed by atoms with E-state index >= 15 is 0 Å². The summed E-state index contributed by atoms with van der Waals surface area (Å²) in [7, 11) is 0. The molecule has 1 saturated heterocycles. The van der Waals surface area contributed by atoms with Crippen LogP contribution in [0.3, 0.4) is 0 Å². The van der Waals surface area contributed by atoms with E-state index in [9.17, 15) is 4.79 Å². The number of carbonyl (C=O) groups excluding carboxylic acids is 1. The number of nitrogens with one attached hydrogen (secondary N) is 1. The van der Waals surface area contributed by atoms with Crippen LogP contribution < -0.4 is 15.0 Å². The summed E-state index contributed by atoms with van der Waals surface area (Å²) in [6.45, 7) is 6.55. The standard InChI is InChI=1S/C25H31ClN6O3/c1-2-30-23(33)21-22(31-10-9-27-25(30)31)29-24(28-18-7-11-34-12-8-18)32(21)14-17-5-6-20(19(26)13-17)35-15-16-3-4-16/h5-6,13,16,18H,2-4,7-12,14-15H2,1H3,(H,28,29). The molecule has 1 saturated carbocycles. The molecule has 0 atom stereocenters. The van der Waals surface area contributed by atoms with Crippen molar-refractivity contribution in [2.45, 2.75) is 45.2 Å². The average Bonchev–Trinajstić information content (AvgIpc) is 3.45. The largest absolute Gasteiger partial charge is 0.492 e. The SMILES string of the molecule is CCN1C(=O)c2c(nc(NC3CCOCC3)n2Cc2ccc(OCC3CC3)c(Cl)c2)N2CCN=C12. The number of carbonyl (C=O) groups is 1. The second-order valence-electron chi connectivity index (χ2n) is 9.63. The van der Waals surface area contributed by atoms with Gasteiger partial charge in [-0.25, -0.2) is 0 Å². The predicted molar refractivity (Wildman–Crippen MR) is 135 cm³/mol. The third-order valence-corrected chi connectivity index (χ3v) is 7.39. The first-order chi connectivity index (χ1) is 17.1. The second kappa shape index (κ2) is 9.35. The number of fused-ring (bicyclic) bond motifs is 3. The van der Waals surface area contributed by atoms with Gasteiger partial charge >= 0.3 is 0 Å². The van der Waals surface area contributed by atoms with Crippen LogP contribution >= 0.6 is 11.6 Å². The minimum atomic E-state index is -0.0672. The predicted octanol–water partition coefficient (Wildman–Crippen LogP) is 3.62. The molecule has 1 aromatic carbocycles. The molecule has 0 unspecified atom stereocenters. The molecule has 1 aliphatic carbocycles. The molecule has 4 heterocycles. The summed E-state index contributed by atoms with van der Waals surface area (Å²) in [6.07, 6.45) is 4.27. The number of ether oxygens (including phenoxy) is 2. The molecule has 2 fully saturated rings. The van der Waals surface area contributed by atoms with Crippen molar-refractivity contribution in [3.63, 3.8) is 0 Å². The van der Waals surface area contributed by atoms with Crippen LogP contribution in [0.15, 0.2) is 23.2 Å². The summed E-state index contributed by atoms with van der Waals surface area (Å²) >= 11 is 6.58. The van der Waals surface area contributed by atoms with Crippen LogP contribution in [-0.4, -0.2) is 71.8 Å². The third-order valence-electron chi connectivity index (χ3n) is 7.09. The molecule has 9 nitrogen and oxygen atoms in total. The van der Waals surface area contributed by atoms with Gasteiger partial charge in [-0.15, -0.1) is 0 Å². The van der Waals surface area contributed by atoms with Crippen molar-refractivity contribution in [3.05, 3.63) is 34.5 Å². The van der Waals surface area contributed by atoms with E-state index in [0.717, 1.165) is 38.2 Å². The van der Waals surface area contributed by atoms with Crippen molar-refractivity contribution in [1.29, 1.82) is 0 Å². The van der Waals surface area contributed by atoms with Crippen molar-refractivity contribution in [2.75, 3.05) is 49.7 Å². The van der Waals surface area contributed by atoms with E-state index < -0.39 is 0 Å². The molecule has 0 radical (unpaired) electrons. The fourth-order valence-corrected chi connectivity index (χ4v) is 5.19. The van der Waals surface area contributed by atoms with E-state index in [1.54, 1.807) is 4.90 Å². The van der Waals surface area contributed by atoms with Gasteiger partial charge in [-0.3, -0.25) is 24.2 Å². The summed E-state index contributed by atoms with van der Waals surface area (Å²) in [4.78, 5) is 27.0. The van der Waals surface area contributed by atoms with Gasteiger partial charge in [0.05, 0.1) is 24.7 Å². The number of anilines is 2. The number of hydrogen-bond donors (Lipinski definition) is 1. The highest BCUT2D eigenvalue weighted by atomic mass is 35.5. The Labute approximate surface area is 210 Å². The number of nitrogens with zero attached hydrogens (tertiary/aromatic N) is 5. The highest BCUT2D eigenvalue weighted by molar-refractivity contribution is 6.32. The normalized spacial score (nSPS) is 20.1. The quantitative estimate of drug-likeness (QED) is 0.598. The van der Waals surface area contributed by atoms with Gasteiger partial charge in [-0.2, -0.15) is 4.98 Å². The Morgan fingerprint density at radius 1 is 1.23 bits per heavy atom. The Morgan fingerprint density at radius 2 is 2.06 bits per heavy atom. The summed E-state index contributed by atoms with van der Waals surface area (Å²) in [5, 5.41) is 4.19. The summed E-state index contributed by atoms with van der Waals surface area (Å²) < 4.78 is 13.4. The fourth-order valence-electron chi connectivity index (χ4n) is 4.93. The maximum atomic E-state index is 13.6. The van der Waals surface area contributed by atoms with Gasteiger partial charge in [0.1, 0.15) is 5.75 Å². The lowest BCUT2D eigenvalue weighted by molar-refractivity contribution is 0.0835. The van der Waals surface area contributed by atoms with Crippen LogP contribution in [0.25, 0.3) is 0 Å². The summed E-state index contributed by atoms with van der Waals surface area (Å²) in [6, 6.07) is 6.13. The Bertz CT molecular complexity index is 1150. The van der Waals surface area contributed by atoms with Crippen LogP contribution in [0.2, 0.25) is 5.02 Å². The molecule has 1 amide bonds. The van der Waals surface area contributed by atoms with Crippen LogP contribution in [0.1, 0.15) is 48.7 Å². The van der Waals surface area contributed by atoms with Crippen LogP contribution in [0, 0.1) is 5.92 Å². The molecule has 1 N–H and O–H groups in total. The van der Waals surface area contributed by atoms with Gasteiger partial charge < -0.3 is 14.8 Å². The van der Waals surface area contributed by atoms with Gasteiger partial charge in [0, 0.05) is 32.3 Å². The van der Waals surface area contributed by atoms with Crippen molar-refractivity contribution < 1.29 is 14.3 Å². The molecule has 35 heavy (non-hydrogen) atoms. The zero-order chi connectivity index (χ0) is 23.9. The highest BCUT2D eigenvalue weighted by Crippen LogP contribution is 2.35. The van der Waals surface area contributed by atoms with Crippen LogP contribution in [0.5, 0.6) is 5.75 Å². The maximum Gasteiger partial charge on any atom is 0.281 e. The van der Waals surface area contributed by atoms with E-state index in [0.29, 0.717) is 66.4 Å². The lowest BCUT2D eigenvalue weighted by Gasteiger charge is -2.32. The number of imidazole rings is 1. The van der Waals surface area contributed by atoms with Gasteiger partial charge in [0.2, 0.25) is 11.9 Å². The Balaban J connectivity index is 1.35. The number of guanidine groups is 1. The number of benzene rings is 1. The van der Waals surface area contributed by atoms with Gasteiger partial charge in [0.15, 0.2) is 11.5 Å². The monoisotopic (exact) mass is 498 g/mol. The lowest BCUT2D eigenvalue weighted by Crippen LogP contribution is -2.50. The van der Waals surface area contributed by atoms with Gasteiger partial charge in [-0.05, 0) is 56.2 Å². The zero-order valence-corrected chi connectivity index (χ0v) is 20.8. The second-order valence-corrected chi connectivity index (χ2v) is 10.0. The van der Waals surface area contributed by atoms with E-state index in [4.69, 9.17) is 26.1 Å². The number of aromatic nitrogens is 2. The number of halogens is 1. The van der Waals surface area contributed by atoms with Crippen molar-refractivity contribution in [1.82, 2.24) is 14.5 Å². The number of amides is 1. The van der Waals surface area contributed by atoms with E-state index in [1.165, 1.54) is 12.8 Å². The van der Waals surface area contributed by atoms with Crippen molar-refractivity contribution >= 4 is 35.2 Å². The smallest absolute Gasteiger partial charge is 0.281 e. The molecule has 6 rings (SSSR count). The molecule has 1 aromatic heterocycles. The Hall–Kier alpha value is -2.78. The first-order valence-corrected chi connectivity index (χ1v) is 13.0. The van der Waals surface area contributed by atoms with Crippen molar-refractivity contribution in [2.24, 2.45) is 10.9 Å². The molecule has 10 heteroatoms. The molecule has 4 aliphatic rings. The number of rotatable bonds is 8. The molecule has 2 aromatic rings.